The van der Waals surface area contributed by atoms with Gasteiger partial charge in [-0.15, -0.1) is 0 Å². The average Bonchev–Trinajstić information content (AvgIpc) is 1.72. The molecule has 7 heavy (non-hydrogen) atoms. The van der Waals surface area contributed by atoms with E-state index in [1.807, 2.05) is 0 Å². The first-order valence-corrected chi connectivity index (χ1v) is 2.44. The van der Waals surface area contributed by atoms with E-state index < -0.39 is 14.6 Å². The second-order valence-electron chi connectivity index (χ2n) is 0.414. The Bertz CT molecular complexity index is 133. The van der Waals surface area contributed by atoms with Gasteiger partial charge in [-0.3, -0.25) is 0 Å². The van der Waals surface area contributed by atoms with Crippen molar-refractivity contribution in [3.63, 3.8) is 0 Å². The summed E-state index contributed by atoms with van der Waals surface area (Å²) in [6.45, 7) is 14.0. The summed E-state index contributed by atoms with van der Waals surface area (Å²) >= 11 is -0.979. The molecule has 0 radical (unpaired) electrons. The van der Waals surface area contributed by atoms with Crippen LogP contribution in [0.25, 0.3) is 11.6 Å². The molecule has 0 spiro atoms. The molecule has 0 saturated heterocycles. The second kappa shape index (κ2) is 3.19. The van der Waals surface area contributed by atoms with Crippen molar-refractivity contribution in [3.05, 3.63) is 11.6 Å². The van der Waals surface area contributed by atoms with Crippen LogP contribution in [0.5, 0.6) is 0 Å². The van der Waals surface area contributed by atoms with E-state index in [-0.39, 0.29) is 0 Å². The van der Waals surface area contributed by atoms with Gasteiger partial charge in [0.15, 0.2) is 0 Å². The monoisotopic (exact) mass is 144 g/mol. The van der Waals surface area contributed by atoms with Crippen LogP contribution in [0.4, 0.5) is 0 Å². The molecular weight excluding hydrogens is 142 g/mol. The average molecular weight is 145 g/mol. The Morgan fingerprint density at radius 1 is 0.857 bits per heavy atom. The maximum absolute atomic E-state index is 4.68. The van der Waals surface area contributed by atoms with Gasteiger partial charge in [0.1, 0.15) is 0 Å². The minimum atomic E-state index is -0.979. The molecule has 4 heteroatoms. The molecule has 3 nitrogen and oxygen atoms in total. The fourth-order valence-electron chi connectivity index (χ4n) is 0.0603. The third kappa shape index (κ3) is 1.79. The number of nitrogens with zero attached hydrogens (tertiary/aromatic N) is 3. The molecule has 0 N–H and O–H groups in total. The van der Waals surface area contributed by atoms with Gasteiger partial charge in [-0.2, -0.15) is 0 Å². The number of hydrogen-bond donors (Lipinski definition) is 0. The van der Waals surface area contributed by atoms with Crippen molar-refractivity contribution in [1.82, 2.24) is 0 Å². The predicted molar refractivity (Wildman–Crippen MR) is 24.9 cm³/mol. The van der Waals surface area contributed by atoms with Crippen LogP contribution in [0.2, 0.25) is 0 Å². The van der Waals surface area contributed by atoms with E-state index in [0.717, 1.165) is 0 Å². The summed E-state index contributed by atoms with van der Waals surface area (Å²) in [5, 5.41) is 0. The van der Waals surface area contributed by atoms with Gasteiger partial charge in [-0.05, 0) is 0 Å². The van der Waals surface area contributed by atoms with Crippen LogP contribution < -0.4 is 0 Å². The zero-order valence-corrected chi connectivity index (χ0v) is 4.32. The Hall–Kier alpha value is -1.01. The van der Waals surface area contributed by atoms with E-state index in [1.165, 1.54) is 0 Å². The standard InChI is InChI=1S/3CHN.Cu/c3*1-2;/h3*1H;/q;;;+3. The van der Waals surface area contributed by atoms with E-state index >= 15 is 0 Å². The summed E-state index contributed by atoms with van der Waals surface area (Å²) in [5.74, 6) is 0. The van der Waals surface area contributed by atoms with Gasteiger partial charge in [0, 0.05) is 0 Å². The van der Waals surface area contributed by atoms with E-state index in [4.69, 9.17) is 0 Å². The molecule has 0 atom stereocenters. The van der Waals surface area contributed by atoms with Crippen molar-refractivity contribution in [2.24, 2.45) is 0 Å². The van der Waals surface area contributed by atoms with Crippen LogP contribution in [0, 0.1) is 19.7 Å². The van der Waals surface area contributed by atoms with Crippen LogP contribution >= 0.6 is 0 Å². The van der Waals surface area contributed by atoms with Gasteiger partial charge < -0.3 is 0 Å². The first-order valence-electron chi connectivity index (χ1n) is 1.18. The maximum atomic E-state index is 4.68. The molecule has 0 aliphatic rings. The first kappa shape index (κ1) is 5.99. The van der Waals surface area contributed by atoms with Crippen molar-refractivity contribution in [3.8, 4) is 19.7 Å². The van der Waals surface area contributed by atoms with Crippen LogP contribution in [-0.4, -0.2) is 0 Å². The summed E-state index contributed by atoms with van der Waals surface area (Å²) in [5.41, 5.74) is 0. The summed E-state index contributed by atoms with van der Waals surface area (Å²) in [6.07, 6.45) is 0. The molecule has 38 valence electrons. The molecule has 0 unspecified atom stereocenters. The van der Waals surface area contributed by atoms with Gasteiger partial charge in [-0.1, -0.05) is 0 Å². The molecule has 0 aromatic carbocycles. The quantitative estimate of drug-likeness (QED) is 0.454. The Kier molecular flexibility index (Phi) is 2.73. The Morgan fingerprint density at radius 3 is 1.14 bits per heavy atom. The zero-order chi connectivity index (χ0) is 5.70. The molecule has 0 heterocycles. The van der Waals surface area contributed by atoms with Crippen LogP contribution in [-0.2, 0) is 14.6 Å². The Labute approximate surface area is 46.5 Å². The van der Waals surface area contributed by atoms with E-state index in [0.29, 0.717) is 0 Å². The van der Waals surface area contributed by atoms with E-state index in [1.54, 1.807) is 0 Å². The topological polar surface area (TPSA) is 13.1 Å². The molecule has 0 aromatic heterocycles. The summed E-state index contributed by atoms with van der Waals surface area (Å²) in [7, 11) is 0. The zero-order valence-electron chi connectivity index (χ0n) is 3.38. The van der Waals surface area contributed by atoms with Gasteiger partial charge in [-0.25, -0.2) is 0 Å². The fourth-order valence-corrected chi connectivity index (χ4v) is 0.249. The molecule has 0 saturated carbocycles. The Morgan fingerprint density at radius 2 is 1.14 bits per heavy atom. The van der Waals surface area contributed by atoms with E-state index in [9.17, 15) is 0 Å². The fraction of sp³-hybridized carbons (Fsp3) is 0. The van der Waals surface area contributed by atoms with Crippen molar-refractivity contribution >= 4 is 0 Å². The van der Waals surface area contributed by atoms with Gasteiger partial charge >= 0.3 is 45.9 Å². The third-order valence-corrected chi connectivity index (χ3v) is 0.861. The molecule has 0 amide bonds. The number of hydrogen-bond acceptors (Lipinski definition) is 0. The normalized spacial score (nSPS) is 7.29. The van der Waals surface area contributed by atoms with Crippen molar-refractivity contribution in [1.29, 1.82) is 0 Å². The van der Waals surface area contributed by atoms with E-state index in [2.05, 4.69) is 31.3 Å². The molecule has 0 fully saturated rings. The summed E-state index contributed by atoms with van der Waals surface area (Å²) < 4.78 is 9.19. The molecule has 0 aliphatic heterocycles. The summed E-state index contributed by atoms with van der Waals surface area (Å²) in [4.78, 5) is 0. The third-order valence-electron chi connectivity index (χ3n) is 0.209. The molecule has 0 aromatic rings. The molecule has 0 rings (SSSR count). The number of rotatable bonds is 0. The van der Waals surface area contributed by atoms with Gasteiger partial charge in [0.05, 0.1) is 0 Å². The SMILES string of the molecule is C#[N+][Cu]([N+]#C)[N+]#C. The molecule has 0 bridgehead atoms. The predicted octanol–water partition coefficient (Wildman–Crippen LogP) is 1.24. The Balaban J connectivity index is 3.82. The van der Waals surface area contributed by atoms with Gasteiger partial charge in [0.25, 0.3) is 0 Å². The summed E-state index contributed by atoms with van der Waals surface area (Å²) in [6, 6.07) is 0. The molecule has 0 aliphatic carbocycles. The second-order valence-corrected chi connectivity index (χ2v) is 1.71. The first-order chi connectivity index (χ1) is 3.35. The minimum absolute atomic E-state index is 0.979. The molecular formula is C3H3CuN3+3. The van der Waals surface area contributed by atoms with Crippen LogP contribution in [0.1, 0.15) is 0 Å². The van der Waals surface area contributed by atoms with Crippen molar-refractivity contribution < 1.29 is 14.6 Å². The van der Waals surface area contributed by atoms with Gasteiger partial charge in [0.2, 0.25) is 0 Å². The van der Waals surface area contributed by atoms with Crippen molar-refractivity contribution in [2.75, 3.05) is 0 Å². The van der Waals surface area contributed by atoms with Crippen LogP contribution in [0.15, 0.2) is 0 Å². The van der Waals surface area contributed by atoms with Crippen LogP contribution in [0.3, 0.4) is 0 Å². The van der Waals surface area contributed by atoms with Crippen molar-refractivity contribution in [2.45, 2.75) is 0 Å².